The van der Waals surface area contributed by atoms with Gasteiger partial charge in [0.25, 0.3) is 0 Å². The molecule has 21 heavy (non-hydrogen) atoms. The third-order valence-corrected chi connectivity index (χ3v) is 2.75. The predicted octanol–water partition coefficient (Wildman–Crippen LogP) is 3.59. The summed E-state index contributed by atoms with van der Waals surface area (Å²) in [7, 11) is 0. The summed E-state index contributed by atoms with van der Waals surface area (Å²) in [6.07, 6.45) is -4.63. The number of alkyl halides is 3. The molecule has 2 N–H and O–H groups in total. The first-order valence-electron chi connectivity index (χ1n) is 6.07. The minimum Gasteiger partial charge on any atom is -0.406 e. The van der Waals surface area contributed by atoms with Crippen LogP contribution in [0.5, 0.6) is 5.75 Å². The van der Waals surface area contributed by atoms with Crippen molar-refractivity contribution in [2.24, 2.45) is 0 Å². The highest BCUT2D eigenvalue weighted by Gasteiger charge is 2.30. The zero-order valence-electron chi connectivity index (χ0n) is 10.9. The number of nitrogen functional groups attached to an aromatic ring is 1. The molecular formula is C15H12F3NO2. The topological polar surface area (TPSA) is 52.3 Å². The summed E-state index contributed by atoms with van der Waals surface area (Å²) in [5.41, 5.74) is 7.19. The molecule has 0 heterocycles. The number of ketones is 1. The second-order valence-corrected chi connectivity index (χ2v) is 4.41. The highest BCUT2D eigenvalue weighted by Crippen LogP contribution is 2.23. The van der Waals surface area contributed by atoms with E-state index >= 15 is 0 Å². The van der Waals surface area contributed by atoms with E-state index < -0.39 is 6.36 Å². The smallest absolute Gasteiger partial charge is 0.406 e. The van der Waals surface area contributed by atoms with Crippen molar-refractivity contribution < 1.29 is 22.7 Å². The number of hydrogen-bond donors (Lipinski definition) is 1. The van der Waals surface area contributed by atoms with Gasteiger partial charge in [-0.05, 0) is 42.0 Å². The average molecular weight is 295 g/mol. The molecule has 0 aliphatic rings. The maximum Gasteiger partial charge on any atom is 0.573 e. The quantitative estimate of drug-likeness (QED) is 0.692. The van der Waals surface area contributed by atoms with Gasteiger partial charge < -0.3 is 10.5 Å². The van der Waals surface area contributed by atoms with Crippen LogP contribution in [-0.4, -0.2) is 12.1 Å². The van der Waals surface area contributed by atoms with Crippen LogP contribution in [0.1, 0.15) is 15.9 Å². The Bertz CT molecular complexity index is 619. The van der Waals surface area contributed by atoms with Gasteiger partial charge >= 0.3 is 6.36 Å². The van der Waals surface area contributed by atoms with Gasteiger partial charge in [0, 0.05) is 17.7 Å². The molecule has 0 spiro atoms. The normalized spacial score (nSPS) is 11.2. The number of ether oxygens (including phenoxy) is 1. The number of halogens is 3. The lowest BCUT2D eigenvalue weighted by molar-refractivity contribution is -0.274. The summed E-state index contributed by atoms with van der Waals surface area (Å²) < 4.78 is 39.8. The fourth-order valence-corrected chi connectivity index (χ4v) is 1.77. The van der Waals surface area contributed by atoms with Gasteiger partial charge in [0.1, 0.15) is 5.75 Å². The molecule has 0 unspecified atom stereocenters. The van der Waals surface area contributed by atoms with Crippen LogP contribution >= 0.6 is 0 Å². The molecule has 2 aromatic carbocycles. The van der Waals surface area contributed by atoms with Crippen molar-refractivity contribution in [3.63, 3.8) is 0 Å². The third kappa shape index (κ3) is 4.52. The minimum absolute atomic E-state index is 0.0935. The van der Waals surface area contributed by atoms with Crippen LogP contribution in [0.2, 0.25) is 0 Å². The number of nitrogens with two attached hydrogens (primary N) is 1. The third-order valence-electron chi connectivity index (χ3n) is 2.75. The molecule has 0 aliphatic heterocycles. The number of rotatable bonds is 4. The minimum atomic E-state index is -4.72. The van der Waals surface area contributed by atoms with Gasteiger partial charge in [-0.2, -0.15) is 0 Å². The average Bonchev–Trinajstić information content (AvgIpc) is 2.40. The van der Waals surface area contributed by atoms with Gasteiger partial charge in [-0.25, -0.2) is 0 Å². The van der Waals surface area contributed by atoms with Crippen LogP contribution in [0.3, 0.4) is 0 Å². The van der Waals surface area contributed by atoms with E-state index in [1.54, 1.807) is 24.3 Å². The second kappa shape index (κ2) is 5.87. The lowest BCUT2D eigenvalue weighted by Crippen LogP contribution is -2.17. The molecule has 0 saturated heterocycles. The summed E-state index contributed by atoms with van der Waals surface area (Å²) in [5, 5.41) is 0. The fraction of sp³-hybridized carbons (Fsp3) is 0.133. The Balaban J connectivity index is 2.03. The van der Waals surface area contributed by atoms with Crippen LogP contribution < -0.4 is 10.5 Å². The number of hydrogen-bond acceptors (Lipinski definition) is 3. The zero-order chi connectivity index (χ0) is 15.5. The van der Waals surface area contributed by atoms with Gasteiger partial charge in [-0.15, -0.1) is 13.2 Å². The SMILES string of the molecule is Nc1ccc(C(=O)Cc2ccc(OC(F)(F)F)cc2)cc1. The van der Waals surface area contributed by atoms with E-state index in [4.69, 9.17) is 5.73 Å². The van der Waals surface area contributed by atoms with Crippen molar-refractivity contribution in [2.45, 2.75) is 12.8 Å². The number of anilines is 1. The highest BCUT2D eigenvalue weighted by atomic mass is 19.4. The van der Waals surface area contributed by atoms with Crippen LogP contribution in [0.25, 0.3) is 0 Å². The maximum absolute atomic E-state index is 12.0. The van der Waals surface area contributed by atoms with Crippen LogP contribution in [0.15, 0.2) is 48.5 Å². The largest absolute Gasteiger partial charge is 0.573 e. The molecule has 2 rings (SSSR count). The van der Waals surface area contributed by atoms with Crippen LogP contribution in [-0.2, 0) is 6.42 Å². The Labute approximate surface area is 119 Å². The van der Waals surface area contributed by atoms with Crippen molar-refractivity contribution in [1.82, 2.24) is 0 Å². The van der Waals surface area contributed by atoms with Gasteiger partial charge in [-0.3, -0.25) is 4.79 Å². The molecule has 3 nitrogen and oxygen atoms in total. The van der Waals surface area contributed by atoms with Gasteiger partial charge in [-0.1, -0.05) is 12.1 Å². The van der Waals surface area contributed by atoms with Crippen molar-refractivity contribution >= 4 is 11.5 Å². The summed E-state index contributed by atoms with van der Waals surface area (Å²) in [6.45, 7) is 0. The highest BCUT2D eigenvalue weighted by molar-refractivity contribution is 5.97. The van der Waals surface area contributed by atoms with Gasteiger partial charge in [0.2, 0.25) is 0 Å². The first-order valence-corrected chi connectivity index (χ1v) is 6.07. The number of carbonyl (C=O) groups excluding carboxylic acids is 1. The Morgan fingerprint density at radius 3 is 2.10 bits per heavy atom. The molecule has 0 saturated carbocycles. The molecule has 6 heteroatoms. The lowest BCUT2D eigenvalue weighted by atomic mass is 10.0. The van der Waals surface area contributed by atoms with Crippen LogP contribution in [0.4, 0.5) is 18.9 Å². The van der Waals surface area contributed by atoms with Crippen LogP contribution in [0, 0.1) is 0 Å². The molecule has 110 valence electrons. The van der Waals surface area contributed by atoms with E-state index in [1.165, 1.54) is 24.3 Å². The van der Waals surface area contributed by atoms with Crippen molar-refractivity contribution in [2.75, 3.05) is 5.73 Å². The van der Waals surface area contributed by atoms with E-state index in [-0.39, 0.29) is 18.0 Å². The van der Waals surface area contributed by atoms with E-state index in [0.717, 1.165) is 0 Å². The lowest BCUT2D eigenvalue weighted by Gasteiger charge is -2.09. The maximum atomic E-state index is 12.0. The molecule has 0 atom stereocenters. The zero-order valence-corrected chi connectivity index (χ0v) is 10.9. The fourth-order valence-electron chi connectivity index (χ4n) is 1.77. The summed E-state index contributed by atoms with van der Waals surface area (Å²) in [5.74, 6) is -0.453. The number of Topliss-reactive ketones (excluding diaryl/α,β-unsaturated/α-hetero) is 1. The second-order valence-electron chi connectivity index (χ2n) is 4.41. The summed E-state index contributed by atoms with van der Waals surface area (Å²) in [6, 6.07) is 11.7. The summed E-state index contributed by atoms with van der Waals surface area (Å²) >= 11 is 0. The number of carbonyl (C=O) groups is 1. The van der Waals surface area contributed by atoms with Gasteiger partial charge in [0.15, 0.2) is 5.78 Å². The number of benzene rings is 2. The first-order chi connectivity index (χ1) is 9.83. The van der Waals surface area contributed by atoms with E-state index in [9.17, 15) is 18.0 Å². The molecule has 0 fully saturated rings. The molecule has 0 aliphatic carbocycles. The Morgan fingerprint density at radius 2 is 1.57 bits per heavy atom. The first kappa shape index (κ1) is 14.9. The molecule has 0 radical (unpaired) electrons. The standard InChI is InChI=1S/C15H12F3NO2/c16-15(17,18)21-13-7-1-10(2-8-13)9-14(20)11-3-5-12(19)6-4-11/h1-8H,9,19H2. The molecule has 0 aromatic heterocycles. The Morgan fingerprint density at radius 1 is 1.00 bits per heavy atom. The van der Waals surface area contributed by atoms with Crippen molar-refractivity contribution in [1.29, 1.82) is 0 Å². The van der Waals surface area contributed by atoms with Crippen molar-refractivity contribution in [3.05, 3.63) is 59.7 Å². The van der Waals surface area contributed by atoms with E-state index in [2.05, 4.69) is 4.74 Å². The molecule has 2 aromatic rings. The van der Waals surface area contributed by atoms with E-state index in [1.807, 2.05) is 0 Å². The molecule has 0 bridgehead atoms. The Kier molecular flexibility index (Phi) is 4.16. The van der Waals surface area contributed by atoms with Crippen molar-refractivity contribution in [3.8, 4) is 5.75 Å². The van der Waals surface area contributed by atoms with Gasteiger partial charge in [0.05, 0.1) is 0 Å². The predicted molar refractivity (Wildman–Crippen MR) is 72.0 cm³/mol. The molecule has 0 amide bonds. The monoisotopic (exact) mass is 295 g/mol. The molecular weight excluding hydrogens is 283 g/mol. The van der Waals surface area contributed by atoms with E-state index in [0.29, 0.717) is 16.8 Å². The summed E-state index contributed by atoms with van der Waals surface area (Å²) in [4.78, 5) is 12.0. The Hall–Kier alpha value is -2.50.